The second-order valence-corrected chi connectivity index (χ2v) is 9.33. The Morgan fingerprint density at radius 2 is 1.85 bits per heavy atom. The Kier molecular flexibility index (Phi) is 8.49. The summed E-state index contributed by atoms with van der Waals surface area (Å²) in [5.74, 6) is 0.261. The molecule has 0 aliphatic rings. The lowest BCUT2D eigenvalue weighted by Gasteiger charge is -2.15. The number of halogens is 2. The van der Waals surface area contributed by atoms with Crippen molar-refractivity contribution in [2.24, 2.45) is 0 Å². The zero-order valence-corrected chi connectivity index (χ0v) is 21.9. The number of benzene rings is 3. The van der Waals surface area contributed by atoms with Gasteiger partial charge in [0.15, 0.2) is 0 Å². The second kappa shape index (κ2) is 11.3. The molecular weight excluding hydrogens is 544 g/mol. The van der Waals surface area contributed by atoms with Gasteiger partial charge in [0.25, 0.3) is 5.91 Å². The number of aryl methyl sites for hydroxylation is 2. The van der Waals surface area contributed by atoms with Crippen LogP contribution in [0.4, 0.5) is 5.69 Å². The fourth-order valence-electron chi connectivity index (χ4n) is 3.46. The summed E-state index contributed by atoms with van der Waals surface area (Å²) >= 11 is 7.27. The Morgan fingerprint density at radius 3 is 2.52 bits per heavy atom. The van der Waals surface area contributed by atoms with Crippen LogP contribution in [0.5, 0.6) is 5.75 Å². The average molecular weight is 568 g/mol. The predicted molar refractivity (Wildman–Crippen MR) is 140 cm³/mol. The first-order valence-corrected chi connectivity index (χ1v) is 12.1. The highest BCUT2D eigenvalue weighted by molar-refractivity contribution is 9.10. The third-order valence-electron chi connectivity index (χ3n) is 5.11. The molecule has 0 aliphatic heterocycles. The molecule has 0 saturated carbocycles. The Morgan fingerprint density at radius 1 is 1.09 bits per heavy atom. The minimum absolute atomic E-state index is 0.0166. The number of anilines is 1. The van der Waals surface area contributed by atoms with Gasteiger partial charge < -0.3 is 10.1 Å². The molecule has 0 aliphatic carbocycles. The molecule has 1 amide bonds. The average Bonchev–Trinajstić information content (AvgIpc) is 2.77. The fraction of sp³-hybridized carbons (Fsp3) is 0.185. The predicted octanol–water partition coefficient (Wildman–Crippen LogP) is 7.36. The van der Waals surface area contributed by atoms with Gasteiger partial charge in [-0.3, -0.25) is 4.79 Å². The van der Waals surface area contributed by atoms with E-state index >= 15 is 0 Å². The molecule has 0 bridgehead atoms. The van der Waals surface area contributed by atoms with Crippen molar-refractivity contribution in [3.63, 3.8) is 0 Å². The molecule has 0 atom stereocenters. The van der Waals surface area contributed by atoms with E-state index in [1.165, 1.54) is 0 Å². The van der Waals surface area contributed by atoms with Crippen molar-refractivity contribution >= 4 is 49.5 Å². The van der Waals surface area contributed by atoms with Crippen LogP contribution in [0.25, 0.3) is 6.08 Å². The van der Waals surface area contributed by atoms with Gasteiger partial charge in [-0.2, -0.15) is 5.26 Å². The van der Waals surface area contributed by atoms with Gasteiger partial charge in [0.2, 0.25) is 0 Å². The summed E-state index contributed by atoms with van der Waals surface area (Å²) in [5, 5.41) is 12.5. The molecule has 33 heavy (non-hydrogen) atoms. The molecule has 1 N–H and O–H groups in total. The molecule has 3 aromatic carbocycles. The van der Waals surface area contributed by atoms with E-state index in [0.29, 0.717) is 30.0 Å². The first-order valence-electron chi connectivity index (χ1n) is 10.5. The Labute approximate surface area is 211 Å². The maximum absolute atomic E-state index is 12.8. The van der Waals surface area contributed by atoms with Crippen molar-refractivity contribution in [1.29, 1.82) is 5.26 Å². The molecule has 3 aromatic rings. The lowest BCUT2D eigenvalue weighted by Crippen LogP contribution is -2.14. The van der Waals surface area contributed by atoms with E-state index < -0.39 is 5.91 Å². The van der Waals surface area contributed by atoms with Gasteiger partial charge >= 0.3 is 0 Å². The quantitative estimate of drug-likeness (QED) is 0.239. The summed E-state index contributed by atoms with van der Waals surface area (Å²) in [4.78, 5) is 12.8. The molecule has 0 fully saturated rings. The molecule has 0 radical (unpaired) electrons. The van der Waals surface area contributed by atoms with E-state index in [9.17, 15) is 10.1 Å². The van der Waals surface area contributed by atoms with Crippen LogP contribution in [0, 0.1) is 25.2 Å². The molecule has 0 heterocycles. The topological polar surface area (TPSA) is 62.1 Å². The lowest BCUT2D eigenvalue weighted by molar-refractivity contribution is -0.112. The van der Waals surface area contributed by atoms with Crippen LogP contribution in [-0.2, 0) is 11.2 Å². The molecule has 0 unspecified atom stereocenters. The molecule has 168 valence electrons. The van der Waals surface area contributed by atoms with Gasteiger partial charge in [-0.15, -0.1) is 0 Å². The van der Waals surface area contributed by atoms with E-state index in [1.54, 1.807) is 6.08 Å². The van der Waals surface area contributed by atoms with Gasteiger partial charge in [-0.25, -0.2) is 0 Å². The van der Waals surface area contributed by atoms with Crippen LogP contribution < -0.4 is 10.1 Å². The number of carbonyl (C=O) groups excluding carboxylic acids is 1. The highest BCUT2D eigenvalue weighted by atomic mass is 79.9. The zero-order valence-electron chi connectivity index (χ0n) is 18.7. The van der Waals surface area contributed by atoms with Crippen molar-refractivity contribution in [1.82, 2.24) is 0 Å². The van der Waals surface area contributed by atoms with E-state index in [1.807, 2.05) is 75.4 Å². The Hall–Kier alpha value is -2.88. The number of hydrogen-bond donors (Lipinski definition) is 1. The Bertz CT molecular complexity index is 1260. The second-order valence-electron chi connectivity index (χ2n) is 7.62. The van der Waals surface area contributed by atoms with E-state index in [2.05, 4.69) is 43.2 Å². The van der Waals surface area contributed by atoms with Gasteiger partial charge in [0.05, 0.1) is 6.61 Å². The van der Waals surface area contributed by atoms with Crippen LogP contribution >= 0.6 is 31.9 Å². The molecule has 0 saturated heterocycles. The SMILES string of the molecule is CCOc1cc(/C=C(\C#N)C(=O)Nc2ccc(C)cc2C)cc(Br)c1Cc1ccccc1Br. The van der Waals surface area contributed by atoms with E-state index in [4.69, 9.17) is 4.74 Å². The van der Waals surface area contributed by atoms with Crippen LogP contribution in [0.3, 0.4) is 0 Å². The molecule has 0 spiro atoms. The van der Waals surface area contributed by atoms with E-state index in [-0.39, 0.29) is 5.57 Å². The smallest absolute Gasteiger partial charge is 0.266 e. The van der Waals surface area contributed by atoms with E-state index in [0.717, 1.165) is 31.2 Å². The summed E-state index contributed by atoms with van der Waals surface area (Å²) in [6.07, 6.45) is 2.24. The number of nitrogens with one attached hydrogen (secondary N) is 1. The van der Waals surface area contributed by atoms with Crippen LogP contribution in [0.15, 0.2) is 69.1 Å². The number of carbonyl (C=O) groups is 1. The maximum Gasteiger partial charge on any atom is 0.266 e. The van der Waals surface area contributed by atoms with Gasteiger partial charge in [0, 0.05) is 26.6 Å². The van der Waals surface area contributed by atoms with Gasteiger partial charge in [0.1, 0.15) is 17.4 Å². The number of ether oxygens (including phenoxy) is 1. The monoisotopic (exact) mass is 566 g/mol. The van der Waals surface area contributed by atoms with Crippen molar-refractivity contribution < 1.29 is 9.53 Å². The number of rotatable bonds is 7. The standard InChI is InChI=1S/C27H24Br2N2O2/c1-4-33-26-14-19(13-24(29)22(26)15-20-7-5-6-8-23(20)28)12-21(16-30)27(32)31-25-10-9-17(2)11-18(25)3/h5-14H,4,15H2,1-3H3,(H,31,32)/b21-12+. The molecule has 0 aromatic heterocycles. The van der Waals surface area contributed by atoms with Crippen LogP contribution in [-0.4, -0.2) is 12.5 Å². The molecule has 6 heteroatoms. The summed E-state index contributed by atoms with van der Waals surface area (Å²) in [7, 11) is 0. The number of nitrogens with zero attached hydrogens (tertiary/aromatic N) is 1. The van der Waals surface area contributed by atoms with Crippen molar-refractivity contribution in [3.05, 3.63) is 96.9 Å². The van der Waals surface area contributed by atoms with Gasteiger partial charge in [-0.05, 0) is 67.8 Å². The largest absolute Gasteiger partial charge is 0.494 e. The molecule has 3 rings (SSSR count). The molecule has 4 nitrogen and oxygen atoms in total. The lowest BCUT2D eigenvalue weighted by atomic mass is 10.0. The third kappa shape index (κ3) is 6.34. The van der Waals surface area contributed by atoms with Crippen molar-refractivity contribution in [2.75, 3.05) is 11.9 Å². The van der Waals surface area contributed by atoms with Gasteiger partial charge in [-0.1, -0.05) is 67.8 Å². The third-order valence-corrected chi connectivity index (χ3v) is 6.59. The maximum atomic E-state index is 12.8. The highest BCUT2D eigenvalue weighted by Gasteiger charge is 2.15. The number of hydrogen-bond acceptors (Lipinski definition) is 3. The van der Waals surface area contributed by atoms with Crippen molar-refractivity contribution in [3.8, 4) is 11.8 Å². The van der Waals surface area contributed by atoms with Crippen LogP contribution in [0.2, 0.25) is 0 Å². The summed E-state index contributed by atoms with van der Waals surface area (Å²) in [6.45, 7) is 6.35. The summed E-state index contributed by atoms with van der Waals surface area (Å²) in [5.41, 5.74) is 5.59. The number of amides is 1. The normalized spacial score (nSPS) is 11.1. The highest BCUT2D eigenvalue weighted by Crippen LogP contribution is 2.34. The minimum atomic E-state index is -0.448. The van der Waals surface area contributed by atoms with Crippen LogP contribution in [0.1, 0.15) is 34.7 Å². The first kappa shape index (κ1) is 24.8. The summed E-state index contributed by atoms with van der Waals surface area (Å²) < 4.78 is 7.79. The molecular formula is C27H24Br2N2O2. The van der Waals surface area contributed by atoms with Crippen molar-refractivity contribution in [2.45, 2.75) is 27.2 Å². The number of nitriles is 1. The minimum Gasteiger partial charge on any atom is -0.494 e. The first-order chi connectivity index (χ1) is 15.8. The zero-order chi connectivity index (χ0) is 24.0. The fourth-order valence-corrected chi connectivity index (χ4v) is 4.49. The Balaban J connectivity index is 1.93. The summed E-state index contributed by atoms with van der Waals surface area (Å²) in [6, 6.07) is 19.6.